The molecule has 2 aromatic rings. The van der Waals surface area contributed by atoms with E-state index in [0.717, 1.165) is 7.14 Å². The molecule has 0 aliphatic carbocycles. The van der Waals surface area contributed by atoms with Crippen LogP contribution in [-0.4, -0.2) is 45.5 Å². The first-order chi connectivity index (χ1) is 15.8. The molecule has 1 atom stereocenters. The maximum atomic E-state index is 11.5. The molecule has 2 aromatic carbocycles. The number of halogens is 4. The van der Waals surface area contributed by atoms with E-state index in [0.29, 0.717) is 35.5 Å². The quantitative estimate of drug-likeness (QED) is 0.148. The third-order valence-corrected chi connectivity index (χ3v) is 7.58. The van der Waals surface area contributed by atoms with E-state index in [1.807, 2.05) is 45.2 Å². The summed E-state index contributed by atoms with van der Waals surface area (Å²) in [6, 6.07) is 3.41. The minimum absolute atomic E-state index is 0. The van der Waals surface area contributed by atoms with Crippen LogP contribution < -0.4 is 48.5 Å². The van der Waals surface area contributed by atoms with Crippen molar-refractivity contribution in [1.29, 1.82) is 0 Å². The molecule has 0 saturated heterocycles. The second kappa shape index (κ2) is 23.1. The summed E-state index contributed by atoms with van der Waals surface area (Å²) < 4.78 is 23.7. The Morgan fingerprint density at radius 1 is 0.769 bits per heavy atom. The topological polar surface area (TPSA) is 108 Å². The number of carbonyl (C=O) groups excluding carboxylic acids is 3. The van der Waals surface area contributed by atoms with E-state index in [-0.39, 0.29) is 73.2 Å². The van der Waals surface area contributed by atoms with Gasteiger partial charge in [0.05, 0.1) is 40.2 Å². The van der Waals surface area contributed by atoms with Crippen LogP contribution in [-0.2, 0) is 9.59 Å². The van der Waals surface area contributed by atoms with Gasteiger partial charge in [0.2, 0.25) is 0 Å². The number of aliphatic hydroxyl groups is 1. The Hall–Kier alpha value is 0.595. The van der Waals surface area contributed by atoms with Crippen LogP contribution >= 0.6 is 90.4 Å². The molecular weight excluding hydrogens is 970 g/mol. The van der Waals surface area contributed by atoms with Crippen molar-refractivity contribution in [3.05, 3.63) is 37.5 Å². The zero-order valence-electron chi connectivity index (χ0n) is 21.6. The Morgan fingerprint density at radius 3 is 1.46 bits per heavy atom. The summed E-state index contributed by atoms with van der Waals surface area (Å²) in [4.78, 5) is 33.6. The Balaban J connectivity index is -0.000000126. The minimum atomic E-state index is -0.711. The van der Waals surface area contributed by atoms with E-state index < -0.39 is 18.0 Å². The monoisotopic (exact) mass is 1000 g/mol. The molecule has 14 heteroatoms. The van der Waals surface area contributed by atoms with Gasteiger partial charge < -0.3 is 25.5 Å². The summed E-state index contributed by atoms with van der Waals surface area (Å²) in [6.07, 6.45) is -0.711. The predicted octanol–water partition coefficient (Wildman–Crippen LogP) is 4.56. The first-order valence-electron chi connectivity index (χ1n) is 9.44. The van der Waals surface area contributed by atoms with Crippen molar-refractivity contribution < 1.29 is 69.4 Å². The molecule has 8 nitrogen and oxygen atoms in total. The number of ketones is 1. The van der Waals surface area contributed by atoms with Gasteiger partial charge in [-0.1, -0.05) is 22.3 Å². The molecule has 0 aliphatic rings. The zero-order valence-corrected chi connectivity index (χ0v) is 31.3. The fraction of sp³-hybridized carbons (Fsp3) is 0.400. The van der Waals surface area contributed by atoms with Gasteiger partial charge in [-0.15, -0.1) is 0 Å². The second-order valence-corrected chi connectivity index (χ2v) is 11.1. The molecule has 0 aromatic heterocycles. The van der Waals surface area contributed by atoms with Gasteiger partial charge in [-0.05, 0) is 116 Å². The van der Waals surface area contributed by atoms with Crippen molar-refractivity contribution in [1.82, 2.24) is 0 Å². The molecule has 0 spiro atoms. The van der Waals surface area contributed by atoms with Crippen LogP contribution in [0.5, 0.6) is 23.0 Å². The molecule has 215 valence electrons. The number of methoxy groups -OCH3 is 2. The molecule has 0 heterocycles. The minimum Gasteiger partial charge on any atom is -1.00 e. The summed E-state index contributed by atoms with van der Waals surface area (Å²) in [5, 5.41) is 9.69. The maximum Gasteiger partial charge on any atom is 1.00 e. The number of ether oxygens (including phenoxy) is 4. The van der Waals surface area contributed by atoms with Gasteiger partial charge in [0.15, 0.2) is 17.3 Å². The molecule has 39 heavy (non-hydrogen) atoms. The number of esters is 2. The number of aliphatic hydroxyl groups excluding tert-OH is 1. The van der Waals surface area contributed by atoms with Crippen molar-refractivity contribution >= 4 is 116 Å². The number of Topliss-reactive ketones (excluding diaryl/α,β-unsaturated/α-hetero) is 1. The van der Waals surface area contributed by atoms with Crippen LogP contribution in [0.2, 0.25) is 0 Å². The van der Waals surface area contributed by atoms with E-state index in [9.17, 15) is 19.5 Å². The molecule has 0 saturated carbocycles. The van der Waals surface area contributed by atoms with Crippen LogP contribution in [0.3, 0.4) is 0 Å². The smallest absolute Gasteiger partial charge is 1.00 e. The van der Waals surface area contributed by atoms with Gasteiger partial charge in [-0.25, -0.2) is 0 Å². The number of hydrogen-bond donors (Lipinski definition) is 1. The molecule has 1 N–H and O–H groups in total. The molecule has 0 fully saturated rings. The van der Waals surface area contributed by atoms with Crippen LogP contribution in [0.4, 0.5) is 0 Å². The average Bonchev–Trinajstić information content (AvgIpc) is 2.72. The van der Waals surface area contributed by atoms with E-state index in [2.05, 4.69) is 45.2 Å². The number of benzene rings is 2. The van der Waals surface area contributed by atoms with Crippen molar-refractivity contribution in [2.24, 2.45) is 0 Å². The molecule has 0 aliphatic heterocycles. The fourth-order valence-electron chi connectivity index (χ4n) is 2.62. The Kier molecular flexibility index (Phi) is 29.2. The molecule has 0 bridgehead atoms. The first kappa shape index (κ1) is 49.3. The largest absolute Gasteiger partial charge is 1.00 e. The van der Waals surface area contributed by atoms with Crippen molar-refractivity contribution in [2.75, 3.05) is 14.2 Å². The van der Waals surface area contributed by atoms with Crippen molar-refractivity contribution in [3.8, 4) is 23.0 Å². The third-order valence-electron chi connectivity index (χ3n) is 4.02. The SMILES string of the molecule is C.C.C.COc1c(I)cc(C(C)=O)c(OC(C)=O)c1I.COc1c(I)cc(C(C)O)c(OC(C)=O)c1I.[B].[H-].[Na+]. The van der Waals surface area contributed by atoms with E-state index >= 15 is 0 Å². The van der Waals surface area contributed by atoms with Crippen molar-refractivity contribution in [3.63, 3.8) is 0 Å². The Bertz CT molecular complexity index is 1120. The fourth-order valence-corrected chi connectivity index (χ4v) is 7.13. The first-order valence-corrected chi connectivity index (χ1v) is 13.8. The molecular formula is C25H35BI4NaO8. The number of rotatable bonds is 6. The number of carbonyl (C=O) groups is 3. The van der Waals surface area contributed by atoms with Gasteiger partial charge in [-0.2, -0.15) is 0 Å². The van der Waals surface area contributed by atoms with Gasteiger partial charge in [0.25, 0.3) is 0 Å². The second-order valence-electron chi connectivity index (χ2n) is 6.63. The third kappa shape index (κ3) is 14.1. The van der Waals surface area contributed by atoms with Crippen LogP contribution in [0.15, 0.2) is 12.1 Å². The summed E-state index contributed by atoms with van der Waals surface area (Å²) in [5.41, 5.74) is 0.963. The van der Waals surface area contributed by atoms with Gasteiger partial charge in [-0.3, -0.25) is 14.4 Å². The van der Waals surface area contributed by atoms with Gasteiger partial charge >= 0.3 is 41.5 Å². The van der Waals surface area contributed by atoms with Crippen molar-refractivity contribution in [2.45, 2.75) is 56.1 Å². The zero-order chi connectivity index (χ0) is 26.3. The number of hydrogen-bond acceptors (Lipinski definition) is 8. The molecule has 1 unspecified atom stereocenters. The summed E-state index contributed by atoms with van der Waals surface area (Å²) in [5.74, 6) is 0.842. The molecule has 2 rings (SSSR count). The summed E-state index contributed by atoms with van der Waals surface area (Å²) in [7, 11) is 3.09. The maximum absolute atomic E-state index is 11.5. The van der Waals surface area contributed by atoms with E-state index in [1.54, 1.807) is 26.2 Å². The van der Waals surface area contributed by atoms with Gasteiger partial charge in [0, 0.05) is 27.8 Å². The predicted molar refractivity (Wildman–Crippen MR) is 187 cm³/mol. The molecule has 3 radical (unpaired) electrons. The van der Waals surface area contributed by atoms with E-state index in [4.69, 9.17) is 18.9 Å². The van der Waals surface area contributed by atoms with Crippen LogP contribution in [0.1, 0.15) is 73.4 Å². The average molecular weight is 1000 g/mol. The van der Waals surface area contributed by atoms with Gasteiger partial charge in [0.1, 0.15) is 11.5 Å². The van der Waals surface area contributed by atoms with E-state index in [1.165, 1.54) is 27.9 Å². The Labute approximate surface area is 312 Å². The Morgan fingerprint density at radius 2 is 1.13 bits per heavy atom. The summed E-state index contributed by atoms with van der Waals surface area (Å²) in [6.45, 7) is 5.68. The normalized spacial score (nSPS) is 9.62. The van der Waals surface area contributed by atoms with Crippen LogP contribution in [0, 0.1) is 14.3 Å². The van der Waals surface area contributed by atoms with Crippen LogP contribution in [0.25, 0.3) is 0 Å². The molecule has 0 amide bonds. The standard InChI is InChI=1S/C11H12I2O4.C11H10I2O4.3CH4.B.Na.H/c2*1-5(14)7-4-8(12)11(16-3)9(13)10(7)17-6(2)15;;;;;;/h4-5,14H,1-3H3;4H,1-3H3;3*1H4;;;/q;;;;;;+1;-1. The summed E-state index contributed by atoms with van der Waals surface area (Å²) >= 11 is 8.23.